The van der Waals surface area contributed by atoms with Crippen LogP contribution in [0.1, 0.15) is 20.8 Å². The third-order valence-electron chi connectivity index (χ3n) is 2.89. The van der Waals surface area contributed by atoms with Gasteiger partial charge in [0.15, 0.2) is 6.29 Å². The van der Waals surface area contributed by atoms with Gasteiger partial charge in [0.25, 0.3) is 0 Å². The fraction of sp³-hybridized carbons (Fsp3) is 1.00. The van der Waals surface area contributed by atoms with Crippen molar-refractivity contribution in [3.05, 3.63) is 0 Å². The number of nitrogens with one attached hydrogen (secondary N) is 1. The van der Waals surface area contributed by atoms with Crippen LogP contribution in [-0.2, 0) is 9.47 Å². The third-order valence-corrected chi connectivity index (χ3v) is 2.89. The molecule has 0 aromatic heterocycles. The van der Waals surface area contributed by atoms with Crippen molar-refractivity contribution in [3.63, 3.8) is 0 Å². The Bertz CT molecular complexity index is 267. The van der Waals surface area contributed by atoms with Gasteiger partial charge in [0.2, 0.25) is 0 Å². The summed E-state index contributed by atoms with van der Waals surface area (Å²) in [5, 5.41) is 41.1. The average Bonchev–Trinajstić information content (AvgIpc) is 2.33. The third kappa shape index (κ3) is 4.96. The number of rotatable bonds is 5. The van der Waals surface area contributed by atoms with Gasteiger partial charge in [-0.1, -0.05) is 0 Å². The minimum Gasteiger partial charge on any atom is -0.394 e. The highest BCUT2D eigenvalue weighted by Crippen LogP contribution is 2.21. The summed E-state index contributed by atoms with van der Waals surface area (Å²) < 4.78 is 10.5. The summed E-state index contributed by atoms with van der Waals surface area (Å²) >= 11 is 0. The fourth-order valence-corrected chi connectivity index (χ4v) is 1.81. The van der Waals surface area contributed by atoms with Gasteiger partial charge in [0.1, 0.15) is 24.4 Å². The van der Waals surface area contributed by atoms with Gasteiger partial charge < -0.3 is 35.2 Å². The second kappa shape index (κ2) is 6.94. The SMILES string of the molecule is CC(C)(C)NCCOC1OC(CO)C(O)C(O)C1O. The Kier molecular flexibility index (Phi) is 6.13. The van der Waals surface area contributed by atoms with Crippen molar-refractivity contribution >= 4 is 0 Å². The summed E-state index contributed by atoms with van der Waals surface area (Å²) in [5.74, 6) is 0. The molecule has 0 aliphatic carbocycles. The van der Waals surface area contributed by atoms with E-state index < -0.39 is 37.3 Å². The lowest BCUT2D eigenvalue weighted by atomic mass is 9.99. The summed E-state index contributed by atoms with van der Waals surface area (Å²) in [6.45, 7) is 6.42. The largest absolute Gasteiger partial charge is 0.394 e. The molecule has 7 heteroatoms. The molecule has 0 aromatic rings. The molecule has 0 bridgehead atoms. The van der Waals surface area contributed by atoms with Crippen molar-refractivity contribution in [2.45, 2.75) is 57.0 Å². The average molecular weight is 279 g/mol. The maximum atomic E-state index is 9.72. The molecule has 0 amide bonds. The van der Waals surface area contributed by atoms with Crippen molar-refractivity contribution in [1.29, 1.82) is 0 Å². The minimum absolute atomic E-state index is 0.0429. The molecule has 1 saturated heterocycles. The van der Waals surface area contributed by atoms with Crippen molar-refractivity contribution < 1.29 is 29.9 Å². The zero-order valence-electron chi connectivity index (χ0n) is 11.6. The molecule has 5 N–H and O–H groups in total. The molecule has 1 aliphatic rings. The molecule has 0 radical (unpaired) electrons. The molecule has 19 heavy (non-hydrogen) atoms. The van der Waals surface area contributed by atoms with E-state index in [1.165, 1.54) is 0 Å². The van der Waals surface area contributed by atoms with Crippen molar-refractivity contribution in [2.75, 3.05) is 19.8 Å². The van der Waals surface area contributed by atoms with E-state index in [0.717, 1.165) is 0 Å². The zero-order chi connectivity index (χ0) is 14.6. The topological polar surface area (TPSA) is 111 Å². The van der Waals surface area contributed by atoms with E-state index in [1.54, 1.807) is 0 Å². The van der Waals surface area contributed by atoms with Gasteiger partial charge in [-0.05, 0) is 20.8 Å². The van der Waals surface area contributed by atoms with Gasteiger partial charge in [-0.25, -0.2) is 0 Å². The highest BCUT2D eigenvalue weighted by atomic mass is 16.7. The van der Waals surface area contributed by atoms with E-state index in [2.05, 4.69) is 5.32 Å². The first-order valence-corrected chi connectivity index (χ1v) is 6.43. The molecular formula is C12H25NO6. The van der Waals surface area contributed by atoms with Gasteiger partial charge in [-0.2, -0.15) is 0 Å². The van der Waals surface area contributed by atoms with Crippen LogP contribution < -0.4 is 5.32 Å². The van der Waals surface area contributed by atoms with E-state index in [-0.39, 0.29) is 12.1 Å². The highest BCUT2D eigenvalue weighted by molar-refractivity contribution is 4.88. The predicted octanol–water partition coefficient (Wildman–Crippen LogP) is -1.81. The van der Waals surface area contributed by atoms with E-state index in [0.29, 0.717) is 6.54 Å². The Hall–Kier alpha value is -0.280. The second-order valence-corrected chi connectivity index (χ2v) is 5.74. The van der Waals surface area contributed by atoms with Gasteiger partial charge in [0.05, 0.1) is 13.2 Å². The predicted molar refractivity (Wildman–Crippen MR) is 67.5 cm³/mol. The lowest BCUT2D eigenvalue weighted by molar-refractivity contribution is -0.300. The molecule has 1 aliphatic heterocycles. The lowest BCUT2D eigenvalue weighted by Crippen LogP contribution is -2.59. The Balaban J connectivity index is 2.40. The van der Waals surface area contributed by atoms with E-state index in [1.807, 2.05) is 20.8 Å². The fourth-order valence-electron chi connectivity index (χ4n) is 1.81. The monoisotopic (exact) mass is 279 g/mol. The van der Waals surface area contributed by atoms with Crippen LogP contribution in [0.4, 0.5) is 0 Å². The molecule has 0 spiro atoms. The maximum Gasteiger partial charge on any atom is 0.186 e. The smallest absolute Gasteiger partial charge is 0.186 e. The van der Waals surface area contributed by atoms with Gasteiger partial charge in [-0.15, -0.1) is 0 Å². The van der Waals surface area contributed by atoms with Crippen LogP contribution in [0.5, 0.6) is 0 Å². The quantitative estimate of drug-likeness (QED) is 0.377. The standard InChI is InChI=1S/C12H25NO6/c1-12(2,3)13-4-5-18-11-10(17)9(16)8(15)7(6-14)19-11/h7-11,13-17H,4-6H2,1-3H3. The van der Waals surface area contributed by atoms with Crippen molar-refractivity contribution in [1.82, 2.24) is 5.32 Å². The Morgan fingerprint density at radius 1 is 1.11 bits per heavy atom. The molecule has 1 rings (SSSR count). The summed E-state index contributed by atoms with van der Waals surface area (Å²) in [7, 11) is 0. The first kappa shape index (κ1) is 16.8. The molecule has 1 heterocycles. The van der Waals surface area contributed by atoms with Crippen LogP contribution in [-0.4, -0.2) is 76.4 Å². The first-order chi connectivity index (χ1) is 8.76. The van der Waals surface area contributed by atoms with Crippen LogP contribution in [0, 0.1) is 0 Å². The number of aliphatic hydroxyl groups is 4. The number of aliphatic hydroxyl groups excluding tert-OH is 4. The molecule has 114 valence electrons. The normalized spacial score (nSPS) is 36.5. The van der Waals surface area contributed by atoms with Crippen molar-refractivity contribution in [2.24, 2.45) is 0 Å². The van der Waals surface area contributed by atoms with Gasteiger partial charge >= 0.3 is 0 Å². The van der Waals surface area contributed by atoms with Gasteiger partial charge in [-0.3, -0.25) is 0 Å². The minimum atomic E-state index is -1.40. The molecule has 7 nitrogen and oxygen atoms in total. The Morgan fingerprint density at radius 3 is 2.26 bits per heavy atom. The summed E-state index contributed by atoms with van der Waals surface area (Å²) in [4.78, 5) is 0. The number of ether oxygens (including phenoxy) is 2. The Morgan fingerprint density at radius 2 is 1.74 bits per heavy atom. The molecular weight excluding hydrogens is 254 g/mol. The van der Waals surface area contributed by atoms with Crippen LogP contribution in [0.2, 0.25) is 0 Å². The highest BCUT2D eigenvalue weighted by Gasteiger charge is 2.43. The molecule has 0 saturated carbocycles. The van der Waals surface area contributed by atoms with Crippen LogP contribution in [0.25, 0.3) is 0 Å². The maximum absolute atomic E-state index is 9.72. The Labute approximate surface area is 113 Å². The van der Waals surface area contributed by atoms with Crippen molar-refractivity contribution in [3.8, 4) is 0 Å². The zero-order valence-corrected chi connectivity index (χ0v) is 11.6. The van der Waals surface area contributed by atoms with Crippen LogP contribution >= 0.6 is 0 Å². The van der Waals surface area contributed by atoms with E-state index >= 15 is 0 Å². The number of hydrogen-bond donors (Lipinski definition) is 5. The van der Waals surface area contributed by atoms with E-state index in [4.69, 9.17) is 14.6 Å². The molecule has 1 fully saturated rings. The molecule has 0 aromatic carbocycles. The summed E-state index contributed by atoms with van der Waals surface area (Å²) in [6, 6.07) is 0. The van der Waals surface area contributed by atoms with Crippen LogP contribution in [0.15, 0.2) is 0 Å². The summed E-state index contributed by atoms with van der Waals surface area (Å²) in [5.41, 5.74) is -0.0429. The van der Waals surface area contributed by atoms with Gasteiger partial charge in [0, 0.05) is 12.1 Å². The van der Waals surface area contributed by atoms with Crippen LogP contribution in [0.3, 0.4) is 0 Å². The lowest BCUT2D eigenvalue weighted by Gasteiger charge is -2.39. The number of hydrogen-bond acceptors (Lipinski definition) is 7. The first-order valence-electron chi connectivity index (χ1n) is 6.43. The molecule has 5 atom stereocenters. The molecule has 5 unspecified atom stereocenters. The van der Waals surface area contributed by atoms with E-state index in [9.17, 15) is 15.3 Å². The summed E-state index contributed by atoms with van der Waals surface area (Å²) in [6.07, 6.45) is -6.08. The second-order valence-electron chi connectivity index (χ2n) is 5.74.